The summed E-state index contributed by atoms with van der Waals surface area (Å²) in [5.41, 5.74) is 1.15. The maximum atomic E-state index is 10.9. The van der Waals surface area contributed by atoms with E-state index in [9.17, 15) is 14.9 Å². The first-order chi connectivity index (χ1) is 10.1. The highest BCUT2D eigenvalue weighted by molar-refractivity contribution is 5.68. The summed E-state index contributed by atoms with van der Waals surface area (Å²) in [5, 5.41) is 13.8. The van der Waals surface area contributed by atoms with Gasteiger partial charge in [0.05, 0.1) is 12.0 Å². The van der Waals surface area contributed by atoms with E-state index in [1.807, 2.05) is 0 Å². The Morgan fingerprint density at radius 3 is 2.48 bits per heavy atom. The zero-order valence-electron chi connectivity index (χ0n) is 12.3. The molecule has 0 heterocycles. The van der Waals surface area contributed by atoms with Gasteiger partial charge in [-0.3, -0.25) is 14.9 Å². The number of rotatable bonds is 10. The lowest BCUT2D eigenvalue weighted by Crippen LogP contribution is -2.14. The molecule has 1 N–H and O–H groups in total. The Morgan fingerprint density at radius 2 is 1.86 bits per heavy atom. The van der Waals surface area contributed by atoms with Crippen molar-refractivity contribution < 1.29 is 14.5 Å². The van der Waals surface area contributed by atoms with E-state index in [4.69, 9.17) is 0 Å². The third-order valence-electron chi connectivity index (χ3n) is 3.19. The number of hydrogen-bond donors (Lipinski definition) is 1. The minimum absolute atomic E-state index is 0.115. The number of nitro groups is 1. The molecule has 0 aromatic heterocycles. The van der Waals surface area contributed by atoms with Crippen LogP contribution in [0.15, 0.2) is 24.3 Å². The Kier molecular flexibility index (Phi) is 8.04. The number of esters is 1. The van der Waals surface area contributed by atoms with Gasteiger partial charge in [-0.15, -0.1) is 0 Å². The number of benzene rings is 1. The molecule has 0 unspecified atom stereocenters. The van der Waals surface area contributed by atoms with E-state index in [-0.39, 0.29) is 11.7 Å². The van der Waals surface area contributed by atoms with Crippen LogP contribution < -0.4 is 5.32 Å². The van der Waals surface area contributed by atoms with Crippen molar-refractivity contribution in [3.8, 4) is 0 Å². The van der Waals surface area contributed by atoms with Crippen LogP contribution in [0.2, 0.25) is 0 Å². The van der Waals surface area contributed by atoms with Crippen LogP contribution in [0.3, 0.4) is 0 Å². The van der Waals surface area contributed by atoms with Crippen LogP contribution in [-0.2, 0) is 16.1 Å². The zero-order valence-corrected chi connectivity index (χ0v) is 12.3. The summed E-state index contributed by atoms with van der Waals surface area (Å²) < 4.78 is 4.57. The fraction of sp³-hybridized carbons (Fsp3) is 0.533. The molecular formula is C15H22N2O4. The van der Waals surface area contributed by atoms with Crippen LogP contribution in [0.25, 0.3) is 0 Å². The molecule has 6 nitrogen and oxygen atoms in total. The molecule has 0 saturated heterocycles. The van der Waals surface area contributed by atoms with E-state index in [2.05, 4.69) is 10.1 Å². The van der Waals surface area contributed by atoms with Gasteiger partial charge in [-0.1, -0.05) is 25.0 Å². The van der Waals surface area contributed by atoms with Crippen molar-refractivity contribution in [2.24, 2.45) is 0 Å². The van der Waals surface area contributed by atoms with Crippen LogP contribution in [-0.4, -0.2) is 24.5 Å². The average Bonchev–Trinajstić information content (AvgIpc) is 2.50. The number of ether oxygens (including phenoxy) is 1. The number of carbonyl (C=O) groups is 1. The summed E-state index contributed by atoms with van der Waals surface area (Å²) in [7, 11) is 1.41. The molecule has 21 heavy (non-hydrogen) atoms. The Bertz CT molecular complexity index is 445. The summed E-state index contributed by atoms with van der Waals surface area (Å²) in [4.78, 5) is 21.0. The van der Waals surface area contributed by atoms with Gasteiger partial charge >= 0.3 is 5.97 Å². The Labute approximate surface area is 124 Å². The van der Waals surface area contributed by atoms with Gasteiger partial charge < -0.3 is 10.1 Å². The van der Waals surface area contributed by atoms with Crippen molar-refractivity contribution >= 4 is 11.7 Å². The molecule has 0 aliphatic carbocycles. The maximum absolute atomic E-state index is 10.9. The normalized spacial score (nSPS) is 10.3. The van der Waals surface area contributed by atoms with Gasteiger partial charge in [0.25, 0.3) is 5.69 Å². The summed E-state index contributed by atoms with van der Waals surface area (Å²) in [6.45, 7) is 1.61. The summed E-state index contributed by atoms with van der Waals surface area (Å²) >= 11 is 0. The molecule has 0 amide bonds. The van der Waals surface area contributed by atoms with Crippen molar-refractivity contribution in [3.05, 3.63) is 39.9 Å². The first kappa shape index (κ1) is 17.1. The number of hydrogen-bond acceptors (Lipinski definition) is 5. The molecule has 0 aliphatic heterocycles. The highest BCUT2D eigenvalue weighted by atomic mass is 16.6. The monoisotopic (exact) mass is 294 g/mol. The van der Waals surface area contributed by atoms with Gasteiger partial charge in [-0.2, -0.15) is 0 Å². The standard InChI is InChI=1S/C15H22N2O4/c1-21-15(18)6-4-2-3-5-11-16-12-13-7-9-14(10-8-13)17(19)20/h7-10,16H,2-6,11-12H2,1H3. The highest BCUT2D eigenvalue weighted by Crippen LogP contribution is 2.11. The number of nitrogens with one attached hydrogen (secondary N) is 1. The number of unbranched alkanes of at least 4 members (excludes halogenated alkanes) is 3. The molecule has 0 saturated carbocycles. The van der Waals surface area contributed by atoms with Gasteiger partial charge in [-0.25, -0.2) is 0 Å². The van der Waals surface area contributed by atoms with Crippen LogP contribution in [0, 0.1) is 10.1 Å². The lowest BCUT2D eigenvalue weighted by atomic mass is 10.1. The summed E-state index contributed by atoms with van der Waals surface area (Å²) in [5.74, 6) is -0.147. The second-order valence-corrected chi connectivity index (χ2v) is 4.84. The minimum Gasteiger partial charge on any atom is -0.469 e. The van der Waals surface area contributed by atoms with Crippen molar-refractivity contribution in [1.82, 2.24) is 5.32 Å². The highest BCUT2D eigenvalue weighted by Gasteiger charge is 2.03. The van der Waals surface area contributed by atoms with Gasteiger partial charge in [0.1, 0.15) is 0 Å². The molecule has 116 valence electrons. The molecule has 0 spiro atoms. The van der Waals surface area contributed by atoms with E-state index in [0.29, 0.717) is 13.0 Å². The van der Waals surface area contributed by atoms with Crippen molar-refractivity contribution in [2.45, 2.75) is 38.6 Å². The smallest absolute Gasteiger partial charge is 0.305 e. The minimum atomic E-state index is -0.397. The van der Waals surface area contributed by atoms with E-state index in [1.165, 1.54) is 19.2 Å². The van der Waals surface area contributed by atoms with E-state index < -0.39 is 4.92 Å². The quantitative estimate of drug-likeness (QED) is 0.310. The molecule has 1 aromatic carbocycles. The SMILES string of the molecule is COC(=O)CCCCCCNCc1ccc([N+](=O)[O-])cc1. The van der Waals surface area contributed by atoms with Crippen LogP contribution >= 0.6 is 0 Å². The second-order valence-electron chi connectivity index (χ2n) is 4.84. The Morgan fingerprint density at radius 1 is 1.19 bits per heavy atom. The van der Waals surface area contributed by atoms with E-state index >= 15 is 0 Å². The van der Waals surface area contributed by atoms with Crippen molar-refractivity contribution in [3.63, 3.8) is 0 Å². The number of methoxy groups -OCH3 is 1. The Hall–Kier alpha value is -1.95. The molecule has 0 fully saturated rings. The number of non-ortho nitro benzene ring substituents is 1. The van der Waals surface area contributed by atoms with Crippen molar-refractivity contribution in [2.75, 3.05) is 13.7 Å². The summed E-state index contributed by atoms with van der Waals surface area (Å²) in [6.07, 6.45) is 4.51. The molecular weight excluding hydrogens is 272 g/mol. The fourth-order valence-corrected chi connectivity index (χ4v) is 1.94. The topological polar surface area (TPSA) is 81.5 Å². The fourth-order valence-electron chi connectivity index (χ4n) is 1.94. The Balaban J connectivity index is 2.04. The molecule has 0 aliphatic rings. The zero-order chi connectivity index (χ0) is 15.5. The van der Waals surface area contributed by atoms with E-state index in [0.717, 1.165) is 37.8 Å². The lowest BCUT2D eigenvalue weighted by molar-refractivity contribution is -0.384. The number of carbonyl (C=O) groups excluding carboxylic acids is 1. The van der Waals surface area contributed by atoms with Gasteiger partial charge in [0, 0.05) is 25.1 Å². The maximum Gasteiger partial charge on any atom is 0.305 e. The third kappa shape index (κ3) is 7.41. The second kappa shape index (κ2) is 9.88. The molecule has 1 aromatic rings. The molecule has 1 rings (SSSR count). The predicted octanol–water partition coefficient (Wildman–Crippen LogP) is 2.81. The predicted molar refractivity (Wildman–Crippen MR) is 79.9 cm³/mol. The van der Waals surface area contributed by atoms with Crippen LogP contribution in [0.5, 0.6) is 0 Å². The molecule has 0 radical (unpaired) electrons. The first-order valence-corrected chi connectivity index (χ1v) is 7.14. The van der Waals surface area contributed by atoms with Crippen LogP contribution in [0.1, 0.15) is 37.7 Å². The molecule has 0 bridgehead atoms. The van der Waals surface area contributed by atoms with Gasteiger partial charge in [0.15, 0.2) is 0 Å². The largest absolute Gasteiger partial charge is 0.469 e. The van der Waals surface area contributed by atoms with Gasteiger partial charge in [0.2, 0.25) is 0 Å². The first-order valence-electron chi connectivity index (χ1n) is 7.14. The molecule has 6 heteroatoms. The number of nitrogens with zero attached hydrogens (tertiary/aromatic N) is 1. The summed E-state index contributed by atoms with van der Waals surface area (Å²) in [6, 6.07) is 6.57. The van der Waals surface area contributed by atoms with Crippen molar-refractivity contribution in [1.29, 1.82) is 0 Å². The third-order valence-corrected chi connectivity index (χ3v) is 3.19. The number of nitro benzene ring substituents is 1. The molecule has 0 atom stereocenters. The van der Waals surface area contributed by atoms with E-state index in [1.54, 1.807) is 12.1 Å². The average molecular weight is 294 g/mol. The van der Waals surface area contributed by atoms with Gasteiger partial charge in [-0.05, 0) is 24.9 Å². The van der Waals surface area contributed by atoms with Crippen LogP contribution in [0.4, 0.5) is 5.69 Å². The lowest BCUT2D eigenvalue weighted by Gasteiger charge is -2.05.